The zero-order valence-corrected chi connectivity index (χ0v) is 14.7. The number of hydrogen-bond donors (Lipinski definition) is 2. The maximum atomic E-state index is 12.6. The van der Waals surface area contributed by atoms with Crippen molar-refractivity contribution in [2.75, 3.05) is 0 Å². The minimum Gasteiger partial charge on any atom is -0.357 e. The largest absolute Gasteiger partial charge is 0.357 e. The van der Waals surface area contributed by atoms with Gasteiger partial charge in [-0.2, -0.15) is 0 Å². The molecule has 0 unspecified atom stereocenters. The van der Waals surface area contributed by atoms with Gasteiger partial charge in [0.15, 0.2) is 0 Å². The fraction of sp³-hybridized carbons (Fsp3) is 0.238. The van der Waals surface area contributed by atoms with Gasteiger partial charge >= 0.3 is 0 Å². The number of nitrogens with zero attached hydrogens (tertiary/aromatic N) is 1. The van der Waals surface area contributed by atoms with E-state index in [0.717, 1.165) is 29.4 Å². The molecule has 3 aromatic rings. The standard InChI is InChI=1S/C21H21N3O2/c1-2-3-11-24-13-18(17-9-10-22-19(17)21(24)26)14-5-4-6-15(12-14)20(25)23-16-7-8-16/h2-6,9-10,12-13,16,22H,7-8,11H2,1H3,(H,23,25)/b3-2+. The minimum absolute atomic E-state index is 0.0399. The van der Waals surface area contributed by atoms with Crippen molar-refractivity contribution in [1.82, 2.24) is 14.9 Å². The zero-order chi connectivity index (χ0) is 18.1. The number of nitrogens with one attached hydrogen (secondary N) is 2. The van der Waals surface area contributed by atoms with E-state index in [1.165, 1.54) is 0 Å². The van der Waals surface area contributed by atoms with Crippen molar-refractivity contribution in [3.8, 4) is 11.1 Å². The predicted molar refractivity (Wildman–Crippen MR) is 103 cm³/mol. The van der Waals surface area contributed by atoms with Crippen LogP contribution in [0.25, 0.3) is 22.0 Å². The first-order chi connectivity index (χ1) is 12.7. The predicted octanol–water partition coefficient (Wildman–Crippen LogP) is 3.46. The molecular formula is C21H21N3O2. The van der Waals surface area contributed by atoms with Crippen LogP contribution in [0.4, 0.5) is 0 Å². The van der Waals surface area contributed by atoms with Gasteiger partial charge in [-0.25, -0.2) is 0 Å². The second-order valence-corrected chi connectivity index (χ2v) is 6.66. The summed E-state index contributed by atoms with van der Waals surface area (Å²) >= 11 is 0. The smallest absolute Gasteiger partial charge is 0.275 e. The number of rotatable bonds is 5. The van der Waals surface area contributed by atoms with Crippen molar-refractivity contribution in [3.05, 3.63) is 70.8 Å². The second-order valence-electron chi connectivity index (χ2n) is 6.66. The van der Waals surface area contributed by atoms with Crippen LogP contribution < -0.4 is 10.9 Å². The Morgan fingerprint density at radius 2 is 2.19 bits per heavy atom. The molecule has 0 aliphatic heterocycles. The lowest BCUT2D eigenvalue weighted by atomic mass is 10.0. The molecule has 2 heterocycles. The molecule has 1 saturated carbocycles. The summed E-state index contributed by atoms with van der Waals surface area (Å²) in [6.45, 7) is 2.44. The molecule has 0 radical (unpaired) electrons. The Labute approximate surface area is 151 Å². The molecule has 5 nitrogen and oxygen atoms in total. The number of pyridine rings is 1. The van der Waals surface area contributed by atoms with E-state index in [1.54, 1.807) is 10.8 Å². The number of amides is 1. The summed E-state index contributed by atoms with van der Waals surface area (Å²) < 4.78 is 1.69. The average Bonchev–Trinajstić information content (AvgIpc) is 3.33. The van der Waals surface area contributed by atoms with Crippen LogP contribution in [0.15, 0.2) is 59.7 Å². The van der Waals surface area contributed by atoms with Crippen LogP contribution in [-0.4, -0.2) is 21.5 Å². The lowest BCUT2D eigenvalue weighted by Crippen LogP contribution is -2.25. The van der Waals surface area contributed by atoms with Gasteiger partial charge in [0, 0.05) is 41.5 Å². The number of carbonyl (C=O) groups is 1. The summed E-state index contributed by atoms with van der Waals surface area (Å²) in [5.74, 6) is -0.0399. The Bertz CT molecular complexity index is 1050. The normalized spacial score (nSPS) is 14.2. The third-order valence-corrected chi connectivity index (χ3v) is 4.68. The van der Waals surface area contributed by atoms with E-state index in [4.69, 9.17) is 0 Å². The van der Waals surface area contributed by atoms with Crippen LogP contribution in [-0.2, 0) is 6.54 Å². The molecule has 2 N–H and O–H groups in total. The molecule has 132 valence electrons. The molecule has 0 spiro atoms. The van der Waals surface area contributed by atoms with Crippen LogP contribution in [0.5, 0.6) is 0 Å². The fourth-order valence-corrected chi connectivity index (χ4v) is 3.11. The second kappa shape index (κ2) is 6.67. The van der Waals surface area contributed by atoms with Crippen molar-refractivity contribution in [2.45, 2.75) is 32.4 Å². The molecule has 0 saturated heterocycles. The summed E-state index contributed by atoms with van der Waals surface area (Å²) in [5.41, 5.74) is 3.04. The molecule has 26 heavy (non-hydrogen) atoms. The first-order valence-corrected chi connectivity index (χ1v) is 8.90. The number of hydrogen-bond acceptors (Lipinski definition) is 2. The summed E-state index contributed by atoms with van der Waals surface area (Å²) in [6.07, 6.45) is 9.64. The number of aromatic nitrogens is 2. The fourth-order valence-electron chi connectivity index (χ4n) is 3.11. The summed E-state index contributed by atoms with van der Waals surface area (Å²) in [5, 5.41) is 3.89. The van der Waals surface area contributed by atoms with E-state index in [0.29, 0.717) is 23.7 Å². The van der Waals surface area contributed by atoms with Crippen molar-refractivity contribution < 1.29 is 4.79 Å². The van der Waals surface area contributed by atoms with Gasteiger partial charge in [-0.15, -0.1) is 0 Å². The first-order valence-electron chi connectivity index (χ1n) is 8.90. The van der Waals surface area contributed by atoms with Gasteiger partial charge in [-0.3, -0.25) is 9.59 Å². The Balaban J connectivity index is 1.80. The number of aromatic amines is 1. The molecule has 1 aliphatic carbocycles. The van der Waals surface area contributed by atoms with E-state index >= 15 is 0 Å². The topological polar surface area (TPSA) is 66.9 Å². The van der Waals surface area contributed by atoms with Gasteiger partial charge in [-0.1, -0.05) is 24.3 Å². The minimum atomic E-state index is -0.0468. The van der Waals surface area contributed by atoms with Crippen LogP contribution in [0.2, 0.25) is 0 Å². The Hall–Kier alpha value is -3.08. The summed E-state index contributed by atoms with van der Waals surface area (Å²) in [7, 11) is 0. The molecule has 1 fully saturated rings. The maximum absolute atomic E-state index is 12.6. The molecule has 1 aromatic carbocycles. The number of carbonyl (C=O) groups excluding carboxylic acids is 1. The van der Waals surface area contributed by atoms with Crippen molar-refractivity contribution in [1.29, 1.82) is 0 Å². The van der Waals surface area contributed by atoms with Gasteiger partial charge in [-0.05, 0) is 43.5 Å². The van der Waals surface area contributed by atoms with Crippen LogP contribution in [0.1, 0.15) is 30.1 Å². The summed E-state index contributed by atoms with van der Waals surface area (Å²) in [4.78, 5) is 28.0. The highest BCUT2D eigenvalue weighted by atomic mass is 16.1. The van der Waals surface area contributed by atoms with E-state index in [9.17, 15) is 9.59 Å². The van der Waals surface area contributed by atoms with Crippen molar-refractivity contribution in [3.63, 3.8) is 0 Å². The van der Waals surface area contributed by atoms with Gasteiger partial charge in [0.05, 0.1) is 0 Å². The first kappa shape index (κ1) is 16.4. The van der Waals surface area contributed by atoms with Crippen LogP contribution in [0, 0.1) is 0 Å². The van der Waals surface area contributed by atoms with Crippen molar-refractivity contribution in [2.24, 2.45) is 0 Å². The molecule has 5 heteroatoms. The Kier molecular flexibility index (Phi) is 4.21. The third-order valence-electron chi connectivity index (χ3n) is 4.68. The number of H-pyrrole nitrogens is 1. The van der Waals surface area contributed by atoms with Crippen LogP contribution in [0.3, 0.4) is 0 Å². The average molecular weight is 347 g/mol. The third kappa shape index (κ3) is 3.08. The van der Waals surface area contributed by atoms with E-state index in [2.05, 4.69) is 10.3 Å². The van der Waals surface area contributed by atoms with Gasteiger partial charge in [0.25, 0.3) is 11.5 Å². The SMILES string of the molecule is C/C=C/Cn1cc(-c2cccc(C(=O)NC3CC3)c2)c2cc[nH]c2c1=O. The lowest BCUT2D eigenvalue weighted by molar-refractivity contribution is 0.0951. The molecule has 2 aromatic heterocycles. The zero-order valence-electron chi connectivity index (χ0n) is 14.7. The molecule has 4 rings (SSSR count). The summed E-state index contributed by atoms with van der Waals surface area (Å²) in [6, 6.07) is 9.81. The van der Waals surface area contributed by atoms with E-state index in [-0.39, 0.29) is 11.5 Å². The van der Waals surface area contributed by atoms with E-state index < -0.39 is 0 Å². The van der Waals surface area contributed by atoms with E-state index in [1.807, 2.05) is 55.6 Å². The van der Waals surface area contributed by atoms with Crippen LogP contribution >= 0.6 is 0 Å². The molecule has 1 aliphatic rings. The van der Waals surface area contributed by atoms with Crippen molar-refractivity contribution >= 4 is 16.8 Å². The molecule has 1 amide bonds. The highest BCUT2D eigenvalue weighted by Crippen LogP contribution is 2.27. The molecule has 0 bridgehead atoms. The van der Waals surface area contributed by atoms with Gasteiger partial charge < -0.3 is 14.9 Å². The van der Waals surface area contributed by atoms with Gasteiger partial charge in [0.1, 0.15) is 5.52 Å². The number of benzene rings is 1. The molecular weight excluding hydrogens is 326 g/mol. The highest BCUT2D eigenvalue weighted by molar-refractivity contribution is 5.98. The number of fused-ring (bicyclic) bond motifs is 1. The molecule has 0 atom stereocenters. The highest BCUT2D eigenvalue weighted by Gasteiger charge is 2.24. The van der Waals surface area contributed by atoms with Gasteiger partial charge in [0.2, 0.25) is 0 Å². The monoisotopic (exact) mass is 347 g/mol. The lowest BCUT2D eigenvalue weighted by Gasteiger charge is -2.11. The quantitative estimate of drug-likeness (QED) is 0.694. The maximum Gasteiger partial charge on any atom is 0.275 e. The number of allylic oxidation sites excluding steroid dienone is 2. The Morgan fingerprint density at radius 1 is 1.35 bits per heavy atom. The Morgan fingerprint density at radius 3 is 2.96 bits per heavy atom.